The lowest BCUT2D eigenvalue weighted by molar-refractivity contribution is -0.118. The first-order valence-corrected chi connectivity index (χ1v) is 7.76. The van der Waals surface area contributed by atoms with Gasteiger partial charge in [0.25, 0.3) is 5.91 Å². The molecule has 1 N–H and O–H groups in total. The van der Waals surface area contributed by atoms with E-state index in [4.69, 9.17) is 9.47 Å². The second kappa shape index (κ2) is 5.80. The molecule has 0 fully saturated rings. The number of carbonyl (C=O) groups is 1. The molecule has 0 saturated heterocycles. The van der Waals surface area contributed by atoms with Gasteiger partial charge in [-0.05, 0) is 18.2 Å². The zero-order valence-electron chi connectivity index (χ0n) is 12.6. The van der Waals surface area contributed by atoms with Crippen molar-refractivity contribution in [2.24, 2.45) is 0 Å². The summed E-state index contributed by atoms with van der Waals surface area (Å²) in [6.07, 6.45) is 2.67. The van der Waals surface area contributed by atoms with Gasteiger partial charge in [-0.1, -0.05) is 36.4 Å². The normalized spacial score (nSPS) is 18.6. The number of ether oxygens (including phenoxy) is 2. The Morgan fingerprint density at radius 3 is 2.70 bits per heavy atom. The molecular weight excluding hydrogens is 290 g/mol. The lowest BCUT2D eigenvalue weighted by Crippen LogP contribution is -2.34. The standard InChI is InChI=1S/C19H17NO3/c21-19(14-11-13-5-1-3-7-17(13)23-12-14)20-16-9-10-22-18-8-4-2-6-15(16)18/h1-8,11,16H,9-10,12H2,(H,20,21)/t16-/m1/s1. The zero-order valence-corrected chi connectivity index (χ0v) is 12.6. The Morgan fingerprint density at radius 2 is 1.78 bits per heavy atom. The van der Waals surface area contributed by atoms with Gasteiger partial charge in [-0.15, -0.1) is 0 Å². The van der Waals surface area contributed by atoms with E-state index in [1.165, 1.54) is 0 Å². The molecular formula is C19H17NO3. The molecule has 1 amide bonds. The van der Waals surface area contributed by atoms with Gasteiger partial charge in [0.05, 0.1) is 18.2 Å². The predicted octanol–water partition coefficient (Wildman–Crippen LogP) is 3.10. The smallest absolute Gasteiger partial charge is 0.251 e. The van der Waals surface area contributed by atoms with Gasteiger partial charge < -0.3 is 14.8 Å². The number of nitrogens with one attached hydrogen (secondary N) is 1. The summed E-state index contributed by atoms with van der Waals surface area (Å²) >= 11 is 0. The summed E-state index contributed by atoms with van der Waals surface area (Å²) in [4.78, 5) is 12.6. The third-order valence-corrected chi connectivity index (χ3v) is 4.19. The van der Waals surface area contributed by atoms with Crippen LogP contribution in [0.25, 0.3) is 6.08 Å². The molecule has 2 aliphatic heterocycles. The molecule has 2 heterocycles. The lowest BCUT2D eigenvalue weighted by atomic mass is 9.99. The Morgan fingerprint density at radius 1 is 1.00 bits per heavy atom. The molecule has 0 bridgehead atoms. The fourth-order valence-corrected chi connectivity index (χ4v) is 2.99. The van der Waals surface area contributed by atoms with E-state index in [2.05, 4.69) is 5.32 Å². The highest BCUT2D eigenvalue weighted by atomic mass is 16.5. The number of rotatable bonds is 2. The first-order chi connectivity index (χ1) is 11.3. The maximum atomic E-state index is 12.6. The summed E-state index contributed by atoms with van der Waals surface area (Å²) in [7, 11) is 0. The SMILES string of the molecule is O=C(N[C@@H]1CCOc2ccccc21)C1=Cc2ccccc2OC1. The maximum Gasteiger partial charge on any atom is 0.251 e. The Bertz CT molecular complexity index is 782. The van der Waals surface area contributed by atoms with Crippen molar-refractivity contribution in [3.8, 4) is 11.5 Å². The van der Waals surface area contributed by atoms with Crippen LogP contribution in [0.5, 0.6) is 11.5 Å². The Kier molecular flexibility index (Phi) is 3.50. The van der Waals surface area contributed by atoms with Crippen LogP contribution < -0.4 is 14.8 Å². The van der Waals surface area contributed by atoms with Gasteiger partial charge >= 0.3 is 0 Å². The molecule has 2 aromatic rings. The van der Waals surface area contributed by atoms with Crippen LogP contribution in [0.4, 0.5) is 0 Å². The van der Waals surface area contributed by atoms with Gasteiger partial charge in [-0.3, -0.25) is 4.79 Å². The molecule has 116 valence electrons. The molecule has 4 heteroatoms. The molecule has 2 aromatic carbocycles. The highest BCUT2D eigenvalue weighted by molar-refractivity contribution is 5.99. The molecule has 1 atom stereocenters. The Hall–Kier alpha value is -2.75. The summed E-state index contributed by atoms with van der Waals surface area (Å²) in [5, 5.41) is 3.11. The fourth-order valence-electron chi connectivity index (χ4n) is 2.99. The number of benzene rings is 2. The average molecular weight is 307 g/mol. The van der Waals surface area contributed by atoms with E-state index in [-0.39, 0.29) is 11.9 Å². The molecule has 0 saturated carbocycles. The van der Waals surface area contributed by atoms with Gasteiger partial charge in [0.15, 0.2) is 0 Å². The molecule has 0 aliphatic carbocycles. The van der Waals surface area contributed by atoms with Crippen molar-refractivity contribution < 1.29 is 14.3 Å². The van der Waals surface area contributed by atoms with E-state index in [0.29, 0.717) is 18.8 Å². The number of hydrogen-bond acceptors (Lipinski definition) is 3. The van der Waals surface area contributed by atoms with Crippen LogP contribution in [0.15, 0.2) is 54.1 Å². The summed E-state index contributed by atoms with van der Waals surface area (Å²) in [5.41, 5.74) is 2.62. The second-order valence-corrected chi connectivity index (χ2v) is 5.70. The Balaban J connectivity index is 1.55. The van der Waals surface area contributed by atoms with Crippen molar-refractivity contribution >= 4 is 12.0 Å². The molecule has 2 aliphatic rings. The number of hydrogen-bond donors (Lipinski definition) is 1. The molecule has 0 aromatic heterocycles. The molecule has 0 unspecified atom stereocenters. The third-order valence-electron chi connectivity index (χ3n) is 4.19. The molecule has 4 nitrogen and oxygen atoms in total. The van der Waals surface area contributed by atoms with E-state index >= 15 is 0 Å². The second-order valence-electron chi connectivity index (χ2n) is 5.70. The van der Waals surface area contributed by atoms with Gasteiger partial charge in [0, 0.05) is 17.5 Å². The number of amides is 1. The minimum Gasteiger partial charge on any atom is -0.493 e. The van der Waals surface area contributed by atoms with Crippen LogP contribution in [0.2, 0.25) is 0 Å². The van der Waals surface area contributed by atoms with Crippen molar-refractivity contribution in [3.05, 3.63) is 65.2 Å². The van der Waals surface area contributed by atoms with E-state index < -0.39 is 0 Å². The first kappa shape index (κ1) is 13.9. The summed E-state index contributed by atoms with van der Waals surface area (Å²) in [5.74, 6) is 1.59. The third kappa shape index (κ3) is 2.68. The predicted molar refractivity (Wildman–Crippen MR) is 87.4 cm³/mol. The molecule has 0 spiro atoms. The quantitative estimate of drug-likeness (QED) is 0.927. The monoisotopic (exact) mass is 307 g/mol. The lowest BCUT2D eigenvalue weighted by Gasteiger charge is -2.27. The maximum absolute atomic E-state index is 12.6. The van der Waals surface area contributed by atoms with Crippen LogP contribution in [0.1, 0.15) is 23.6 Å². The minimum absolute atomic E-state index is 0.0227. The summed E-state index contributed by atoms with van der Waals surface area (Å²) in [6.45, 7) is 0.911. The van der Waals surface area contributed by atoms with Crippen LogP contribution in [0.3, 0.4) is 0 Å². The van der Waals surface area contributed by atoms with Crippen LogP contribution in [-0.4, -0.2) is 19.1 Å². The fraction of sp³-hybridized carbons (Fsp3) is 0.211. The van der Waals surface area contributed by atoms with E-state index in [1.807, 2.05) is 54.6 Å². The zero-order chi connectivity index (χ0) is 15.6. The van der Waals surface area contributed by atoms with Crippen LogP contribution in [0, 0.1) is 0 Å². The largest absolute Gasteiger partial charge is 0.493 e. The number of carbonyl (C=O) groups excluding carboxylic acids is 1. The summed E-state index contributed by atoms with van der Waals surface area (Å²) in [6, 6.07) is 15.5. The van der Waals surface area contributed by atoms with Crippen LogP contribution in [-0.2, 0) is 4.79 Å². The molecule has 4 rings (SSSR count). The topological polar surface area (TPSA) is 47.6 Å². The summed E-state index contributed by atoms with van der Waals surface area (Å²) < 4.78 is 11.3. The van der Waals surface area contributed by atoms with Crippen molar-refractivity contribution in [1.29, 1.82) is 0 Å². The molecule has 0 radical (unpaired) electrons. The highest BCUT2D eigenvalue weighted by Gasteiger charge is 2.25. The number of para-hydroxylation sites is 2. The van der Waals surface area contributed by atoms with Crippen molar-refractivity contribution in [2.45, 2.75) is 12.5 Å². The number of fused-ring (bicyclic) bond motifs is 2. The minimum atomic E-state index is -0.0822. The van der Waals surface area contributed by atoms with Crippen molar-refractivity contribution in [1.82, 2.24) is 5.32 Å². The van der Waals surface area contributed by atoms with E-state index in [0.717, 1.165) is 29.0 Å². The first-order valence-electron chi connectivity index (χ1n) is 7.76. The van der Waals surface area contributed by atoms with E-state index in [1.54, 1.807) is 0 Å². The van der Waals surface area contributed by atoms with Gasteiger partial charge in [0.2, 0.25) is 0 Å². The van der Waals surface area contributed by atoms with Gasteiger partial charge in [-0.25, -0.2) is 0 Å². The van der Waals surface area contributed by atoms with Crippen molar-refractivity contribution in [3.63, 3.8) is 0 Å². The Labute approximate surface area is 134 Å². The molecule has 23 heavy (non-hydrogen) atoms. The van der Waals surface area contributed by atoms with Crippen molar-refractivity contribution in [2.75, 3.05) is 13.2 Å². The van der Waals surface area contributed by atoms with Gasteiger partial charge in [0.1, 0.15) is 18.1 Å². The average Bonchev–Trinajstić information content (AvgIpc) is 2.61. The van der Waals surface area contributed by atoms with Gasteiger partial charge in [-0.2, -0.15) is 0 Å². The van der Waals surface area contributed by atoms with E-state index in [9.17, 15) is 4.79 Å². The van der Waals surface area contributed by atoms with Crippen LogP contribution >= 0.6 is 0 Å². The highest BCUT2D eigenvalue weighted by Crippen LogP contribution is 2.32.